The molecule has 0 saturated carbocycles. The molecule has 0 aromatic heterocycles. The summed E-state index contributed by atoms with van der Waals surface area (Å²) < 4.78 is 0. The van der Waals surface area contributed by atoms with Crippen LogP contribution in [0.5, 0.6) is 0 Å². The number of carbonyl (C=O) groups excluding carboxylic acids is 3. The number of halogens is 1. The molecule has 3 unspecified atom stereocenters. The first-order chi connectivity index (χ1) is 21.0. The normalized spacial score (nSPS) is 13.3. The van der Waals surface area contributed by atoms with Gasteiger partial charge in [0.2, 0.25) is 11.8 Å². The highest BCUT2D eigenvalue weighted by Crippen LogP contribution is 2.26. The number of rotatable bonds is 16. The van der Waals surface area contributed by atoms with E-state index in [1.807, 2.05) is 34.6 Å². The van der Waals surface area contributed by atoms with Crippen molar-refractivity contribution in [1.29, 1.82) is 0 Å². The maximum atomic E-state index is 13.3. The summed E-state index contributed by atoms with van der Waals surface area (Å²) in [6.07, 6.45) is 0.596. The number of hydrogen-bond donors (Lipinski definition) is 7. The van der Waals surface area contributed by atoms with Gasteiger partial charge in [0.25, 0.3) is 0 Å². The standard InChI is InChI=1S/C32H44ClN5O7/c1-19(2)16-24(20-6-10-22(11-7-20)35-31(45)36-23-12-8-21(33)9-13-23)28(40)38-25(29(41)42)14-15-34-18-26(30(43)44)37-27(39)17-32(3,4)5/h6-13,19,24-26,34H,14-18H2,1-5H3,(H,37,39)(H,38,40)(H,41,42)(H,43,44)(H2,35,36,45). The molecule has 0 radical (unpaired) electrons. The van der Waals surface area contributed by atoms with E-state index in [0.29, 0.717) is 28.4 Å². The lowest BCUT2D eigenvalue weighted by atomic mass is 9.89. The molecule has 0 aliphatic carbocycles. The Morgan fingerprint density at radius 3 is 1.82 bits per heavy atom. The van der Waals surface area contributed by atoms with Crippen molar-refractivity contribution in [3.63, 3.8) is 0 Å². The largest absolute Gasteiger partial charge is 0.480 e. The van der Waals surface area contributed by atoms with E-state index in [1.165, 1.54) is 0 Å². The Balaban J connectivity index is 1.98. The smallest absolute Gasteiger partial charge is 0.327 e. The van der Waals surface area contributed by atoms with Gasteiger partial charge >= 0.3 is 18.0 Å². The highest BCUT2D eigenvalue weighted by Gasteiger charge is 2.28. The van der Waals surface area contributed by atoms with Crippen molar-refractivity contribution in [2.75, 3.05) is 23.7 Å². The van der Waals surface area contributed by atoms with Gasteiger partial charge < -0.3 is 36.8 Å². The van der Waals surface area contributed by atoms with Gasteiger partial charge in [-0.2, -0.15) is 0 Å². The average Bonchev–Trinajstić information content (AvgIpc) is 2.93. The molecule has 0 bridgehead atoms. The van der Waals surface area contributed by atoms with Gasteiger partial charge in [0.1, 0.15) is 12.1 Å². The van der Waals surface area contributed by atoms with Crippen LogP contribution >= 0.6 is 11.6 Å². The second-order valence-electron chi connectivity index (χ2n) is 12.5. The number of anilines is 2. The number of carboxylic acid groups (broad SMARTS) is 2. The van der Waals surface area contributed by atoms with E-state index < -0.39 is 47.8 Å². The molecule has 0 heterocycles. The number of carboxylic acids is 2. The molecule has 0 saturated heterocycles. The topological polar surface area (TPSA) is 186 Å². The van der Waals surface area contributed by atoms with Gasteiger partial charge in [-0.25, -0.2) is 14.4 Å². The SMILES string of the molecule is CC(C)CC(C(=O)NC(CCNCC(NC(=O)CC(C)(C)C)C(=O)O)C(=O)O)c1ccc(NC(=O)Nc2ccc(Cl)cc2)cc1. The van der Waals surface area contributed by atoms with Crippen molar-refractivity contribution in [3.05, 3.63) is 59.1 Å². The molecule has 3 atom stereocenters. The number of aliphatic carboxylic acids is 2. The maximum absolute atomic E-state index is 13.3. The molecule has 0 spiro atoms. The molecule has 246 valence electrons. The van der Waals surface area contributed by atoms with Gasteiger partial charge in [0.05, 0.1) is 5.92 Å². The highest BCUT2D eigenvalue weighted by atomic mass is 35.5. The lowest BCUT2D eigenvalue weighted by molar-refractivity contribution is -0.142. The number of carbonyl (C=O) groups is 5. The minimum atomic E-state index is -1.23. The predicted octanol–water partition coefficient (Wildman–Crippen LogP) is 4.67. The van der Waals surface area contributed by atoms with Crippen molar-refractivity contribution in [3.8, 4) is 0 Å². The Labute approximate surface area is 268 Å². The van der Waals surface area contributed by atoms with E-state index >= 15 is 0 Å². The second kappa shape index (κ2) is 17.4. The Morgan fingerprint density at radius 2 is 1.33 bits per heavy atom. The molecule has 13 heteroatoms. The molecule has 0 fully saturated rings. The second-order valence-corrected chi connectivity index (χ2v) is 12.9. The molecule has 2 rings (SSSR count). The molecule has 45 heavy (non-hydrogen) atoms. The van der Waals surface area contributed by atoms with Crippen molar-refractivity contribution in [2.24, 2.45) is 11.3 Å². The van der Waals surface area contributed by atoms with E-state index in [1.54, 1.807) is 48.5 Å². The third-order valence-electron chi connectivity index (χ3n) is 6.59. The van der Waals surface area contributed by atoms with Crippen LogP contribution in [0.4, 0.5) is 16.2 Å². The summed E-state index contributed by atoms with van der Waals surface area (Å²) in [5, 5.41) is 33.2. The van der Waals surface area contributed by atoms with Crippen molar-refractivity contribution in [2.45, 2.75) is 71.9 Å². The van der Waals surface area contributed by atoms with Crippen molar-refractivity contribution < 1.29 is 34.2 Å². The molecule has 0 aliphatic rings. The van der Waals surface area contributed by atoms with E-state index in [4.69, 9.17) is 11.6 Å². The lowest BCUT2D eigenvalue weighted by Gasteiger charge is -2.23. The quantitative estimate of drug-likeness (QED) is 0.128. The van der Waals surface area contributed by atoms with Gasteiger partial charge in [-0.3, -0.25) is 9.59 Å². The fourth-order valence-corrected chi connectivity index (χ4v) is 4.57. The number of hydrogen-bond acceptors (Lipinski definition) is 6. The monoisotopic (exact) mass is 645 g/mol. The molecular formula is C32H44ClN5O7. The predicted molar refractivity (Wildman–Crippen MR) is 173 cm³/mol. The summed E-state index contributed by atoms with van der Waals surface area (Å²) in [5.41, 5.74) is 1.41. The van der Waals surface area contributed by atoms with Crippen LogP contribution in [0, 0.1) is 11.3 Å². The molecule has 7 N–H and O–H groups in total. The first-order valence-corrected chi connectivity index (χ1v) is 15.1. The summed E-state index contributed by atoms with van der Waals surface area (Å²) in [4.78, 5) is 61.5. The van der Waals surface area contributed by atoms with Crippen LogP contribution in [-0.2, 0) is 19.2 Å². The van der Waals surface area contributed by atoms with Crippen LogP contribution in [0.1, 0.15) is 65.4 Å². The third-order valence-corrected chi connectivity index (χ3v) is 6.85. The van der Waals surface area contributed by atoms with Gasteiger partial charge in [-0.1, -0.05) is 58.4 Å². The van der Waals surface area contributed by atoms with Crippen molar-refractivity contribution >= 4 is 52.8 Å². The first-order valence-electron chi connectivity index (χ1n) is 14.7. The van der Waals surface area contributed by atoms with Crippen molar-refractivity contribution in [1.82, 2.24) is 16.0 Å². The van der Waals surface area contributed by atoms with E-state index in [-0.39, 0.29) is 37.3 Å². The minimum absolute atomic E-state index is 0.0106. The summed E-state index contributed by atoms with van der Waals surface area (Å²) in [6, 6.07) is 10.5. The van der Waals surface area contributed by atoms with E-state index in [2.05, 4.69) is 26.6 Å². The Kier molecular flexibility index (Phi) is 14.3. The average molecular weight is 646 g/mol. The van der Waals surface area contributed by atoms with Gasteiger partial charge in [0.15, 0.2) is 0 Å². The first kappa shape index (κ1) is 37.0. The molecule has 4 amide bonds. The van der Waals surface area contributed by atoms with Gasteiger partial charge in [0, 0.05) is 29.4 Å². The van der Waals surface area contributed by atoms with Gasteiger partial charge in [-0.05, 0) is 72.7 Å². The minimum Gasteiger partial charge on any atom is -0.480 e. The summed E-state index contributed by atoms with van der Waals surface area (Å²) >= 11 is 5.87. The Bertz CT molecular complexity index is 1310. The van der Waals surface area contributed by atoms with Crippen LogP contribution < -0.4 is 26.6 Å². The summed E-state index contributed by atoms with van der Waals surface area (Å²) in [5.74, 6) is -3.83. The molecule has 12 nitrogen and oxygen atoms in total. The zero-order chi connectivity index (χ0) is 33.7. The summed E-state index contributed by atoms with van der Waals surface area (Å²) in [7, 11) is 0. The fourth-order valence-electron chi connectivity index (χ4n) is 4.44. The fraction of sp³-hybridized carbons (Fsp3) is 0.469. The van der Waals surface area contributed by atoms with Crippen LogP contribution in [0.2, 0.25) is 5.02 Å². The van der Waals surface area contributed by atoms with Crippen LogP contribution in [-0.4, -0.2) is 65.2 Å². The molecule has 2 aromatic rings. The zero-order valence-electron chi connectivity index (χ0n) is 26.3. The number of nitrogens with one attached hydrogen (secondary N) is 5. The highest BCUT2D eigenvalue weighted by molar-refractivity contribution is 6.30. The lowest BCUT2D eigenvalue weighted by Crippen LogP contribution is -2.49. The zero-order valence-corrected chi connectivity index (χ0v) is 27.0. The maximum Gasteiger partial charge on any atom is 0.327 e. The number of amides is 4. The van der Waals surface area contributed by atoms with Crippen LogP contribution in [0.3, 0.4) is 0 Å². The Morgan fingerprint density at radius 1 is 0.800 bits per heavy atom. The molecule has 2 aromatic carbocycles. The van der Waals surface area contributed by atoms with Gasteiger partial charge in [-0.15, -0.1) is 0 Å². The Hall–Kier alpha value is -4.16. The number of urea groups is 1. The molecule has 0 aliphatic heterocycles. The number of benzene rings is 2. The van der Waals surface area contributed by atoms with E-state index in [0.717, 1.165) is 0 Å². The van der Waals surface area contributed by atoms with Crippen LogP contribution in [0.15, 0.2) is 48.5 Å². The third kappa shape index (κ3) is 14.0. The molecular weight excluding hydrogens is 602 g/mol. The summed E-state index contributed by atoms with van der Waals surface area (Å²) in [6.45, 7) is 9.48. The van der Waals surface area contributed by atoms with E-state index in [9.17, 15) is 34.2 Å². The van der Waals surface area contributed by atoms with Crippen LogP contribution in [0.25, 0.3) is 0 Å².